The Kier molecular flexibility index (Phi) is 3.44. The molecule has 2 heteroatoms. The molecule has 1 saturated carbocycles. The van der Waals surface area contributed by atoms with Crippen LogP contribution >= 0.6 is 11.8 Å². The van der Waals surface area contributed by atoms with Crippen molar-refractivity contribution in [3.05, 3.63) is 0 Å². The van der Waals surface area contributed by atoms with E-state index >= 15 is 0 Å². The third-order valence-corrected chi connectivity index (χ3v) is 4.13. The fourth-order valence-corrected chi connectivity index (χ4v) is 2.80. The van der Waals surface area contributed by atoms with Crippen LogP contribution in [0.3, 0.4) is 0 Å². The highest BCUT2D eigenvalue weighted by Crippen LogP contribution is 2.39. The van der Waals surface area contributed by atoms with Crippen LogP contribution in [-0.4, -0.2) is 17.3 Å². The van der Waals surface area contributed by atoms with Gasteiger partial charge in [0, 0.05) is 6.42 Å². The summed E-state index contributed by atoms with van der Waals surface area (Å²) in [5, 5.41) is 0.276. The molecule has 1 aliphatic carbocycles. The molecule has 0 aliphatic heterocycles. The Morgan fingerprint density at radius 2 is 2.00 bits per heavy atom. The molecule has 0 saturated heterocycles. The number of carbonyl (C=O) groups excluding carboxylic acids is 1. The van der Waals surface area contributed by atoms with Crippen molar-refractivity contribution in [3.8, 4) is 0 Å². The third kappa shape index (κ3) is 2.73. The zero-order valence-corrected chi connectivity index (χ0v) is 9.91. The highest BCUT2D eigenvalue weighted by atomic mass is 32.2. The lowest BCUT2D eigenvalue weighted by Gasteiger charge is -2.36. The van der Waals surface area contributed by atoms with Crippen molar-refractivity contribution >= 4 is 17.5 Å². The first-order valence-corrected chi connectivity index (χ1v) is 6.29. The number of hydrogen-bond donors (Lipinski definition) is 0. The molecule has 0 bridgehead atoms. The van der Waals surface area contributed by atoms with Gasteiger partial charge in [-0.3, -0.25) is 4.79 Å². The van der Waals surface area contributed by atoms with Crippen LogP contribution in [0.2, 0.25) is 0 Å². The first-order chi connectivity index (χ1) is 5.95. The number of thioether (sulfide) groups is 1. The van der Waals surface area contributed by atoms with Crippen LogP contribution in [0.15, 0.2) is 0 Å². The Bertz CT molecular complexity index is 193. The Hall–Kier alpha value is 0.0200. The highest BCUT2D eigenvalue weighted by Gasteiger charge is 2.34. The Morgan fingerprint density at radius 3 is 2.46 bits per heavy atom. The molecule has 1 nitrogen and oxygen atoms in total. The summed E-state index contributed by atoms with van der Waals surface area (Å²) in [4.78, 5) is 11.5. The first kappa shape index (κ1) is 11.1. The second-order valence-corrected chi connectivity index (χ2v) is 6.07. The van der Waals surface area contributed by atoms with E-state index in [0.29, 0.717) is 11.2 Å². The lowest BCUT2D eigenvalue weighted by atomic mass is 9.72. The standard InChI is InChI=1S/C11H20OS/c1-11(2,3)8-5-6-9(12)10(7-8)13-4/h8,10H,5-7H2,1-4H3/t8-,10-/m0/s1. The summed E-state index contributed by atoms with van der Waals surface area (Å²) in [6.45, 7) is 6.85. The Morgan fingerprint density at radius 1 is 1.38 bits per heavy atom. The van der Waals surface area contributed by atoms with Crippen LogP contribution < -0.4 is 0 Å². The molecule has 0 N–H and O–H groups in total. The van der Waals surface area contributed by atoms with Gasteiger partial charge in [-0.15, -0.1) is 0 Å². The summed E-state index contributed by atoms with van der Waals surface area (Å²) in [7, 11) is 0. The lowest BCUT2D eigenvalue weighted by Crippen LogP contribution is -2.33. The summed E-state index contributed by atoms with van der Waals surface area (Å²) >= 11 is 1.72. The van der Waals surface area contributed by atoms with Gasteiger partial charge < -0.3 is 0 Å². The van der Waals surface area contributed by atoms with Gasteiger partial charge in [0.1, 0.15) is 5.78 Å². The molecule has 0 aromatic rings. The van der Waals surface area contributed by atoms with Crippen LogP contribution in [0.25, 0.3) is 0 Å². The van der Waals surface area contributed by atoms with Gasteiger partial charge in [-0.25, -0.2) is 0 Å². The maximum Gasteiger partial charge on any atom is 0.145 e. The molecule has 1 rings (SSSR count). The van der Waals surface area contributed by atoms with E-state index in [0.717, 1.165) is 25.2 Å². The zero-order valence-electron chi connectivity index (χ0n) is 9.09. The topological polar surface area (TPSA) is 17.1 Å². The minimum atomic E-state index is 0.276. The number of rotatable bonds is 1. The largest absolute Gasteiger partial charge is 0.298 e. The molecule has 0 unspecified atom stereocenters. The second-order valence-electron chi connectivity index (χ2n) is 5.03. The van der Waals surface area contributed by atoms with Crippen LogP contribution in [-0.2, 0) is 4.79 Å². The fraction of sp³-hybridized carbons (Fsp3) is 0.909. The summed E-state index contributed by atoms with van der Waals surface area (Å²) in [5.74, 6) is 1.19. The molecule has 1 fully saturated rings. The minimum Gasteiger partial charge on any atom is -0.298 e. The van der Waals surface area contributed by atoms with Crippen molar-refractivity contribution < 1.29 is 4.79 Å². The van der Waals surface area contributed by atoms with E-state index in [9.17, 15) is 4.79 Å². The van der Waals surface area contributed by atoms with Gasteiger partial charge in [-0.2, -0.15) is 11.8 Å². The second kappa shape index (κ2) is 4.04. The molecule has 0 radical (unpaired) electrons. The summed E-state index contributed by atoms with van der Waals surface area (Å²) in [6.07, 6.45) is 5.03. The molecule has 2 atom stereocenters. The maximum absolute atomic E-state index is 11.5. The summed E-state index contributed by atoms with van der Waals surface area (Å²) in [5.41, 5.74) is 0.370. The van der Waals surface area contributed by atoms with Crippen LogP contribution in [0, 0.1) is 11.3 Å². The van der Waals surface area contributed by atoms with Crippen molar-refractivity contribution in [2.24, 2.45) is 11.3 Å². The highest BCUT2D eigenvalue weighted by molar-refractivity contribution is 7.99. The smallest absolute Gasteiger partial charge is 0.145 e. The maximum atomic E-state index is 11.5. The molecule has 76 valence electrons. The van der Waals surface area contributed by atoms with Crippen LogP contribution in [0.4, 0.5) is 0 Å². The van der Waals surface area contributed by atoms with Crippen LogP contribution in [0.1, 0.15) is 40.0 Å². The molecular formula is C11H20OS. The summed E-state index contributed by atoms with van der Waals surface area (Å²) in [6, 6.07) is 0. The number of hydrogen-bond acceptors (Lipinski definition) is 2. The number of carbonyl (C=O) groups is 1. The number of Topliss-reactive ketones (excluding diaryl/α,β-unsaturated/α-hetero) is 1. The molecule has 1 aliphatic rings. The van der Waals surface area contributed by atoms with Gasteiger partial charge in [0.05, 0.1) is 5.25 Å². The molecule has 0 amide bonds. The predicted octanol–water partition coefficient (Wildman–Crippen LogP) is 3.13. The quantitative estimate of drug-likeness (QED) is 0.647. The monoisotopic (exact) mass is 200 g/mol. The van der Waals surface area contributed by atoms with E-state index in [4.69, 9.17) is 0 Å². The average molecular weight is 200 g/mol. The Labute approximate surface area is 85.7 Å². The Balaban J connectivity index is 2.60. The molecule has 0 aromatic carbocycles. The van der Waals surface area contributed by atoms with Gasteiger partial charge in [-0.1, -0.05) is 20.8 Å². The molecule has 0 heterocycles. The van der Waals surface area contributed by atoms with Gasteiger partial charge in [0.25, 0.3) is 0 Å². The van der Waals surface area contributed by atoms with Gasteiger partial charge >= 0.3 is 0 Å². The van der Waals surface area contributed by atoms with Crippen LogP contribution in [0.5, 0.6) is 0 Å². The minimum absolute atomic E-state index is 0.276. The van der Waals surface area contributed by atoms with Crippen molar-refractivity contribution in [2.75, 3.05) is 6.26 Å². The lowest BCUT2D eigenvalue weighted by molar-refractivity contribution is -0.121. The van der Waals surface area contributed by atoms with Crippen molar-refractivity contribution in [2.45, 2.75) is 45.3 Å². The SMILES string of the molecule is CS[C@H]1C[C@@H](C(C)(C)C)CCC1=O. The van der Waals surface area contributed by atoms with E-state index in [1.165, 1.54) is 0 Å². The molecular weight excluding hydrogens is 180 g/mol. The zero-order chi connectivity index (χ0) is 10.1. The third-order valence-electron chi connectivity index (χ3n) is 3.11. The van der Waals surface area contributed by atoms with E-state index in [1.54, 1.807) is 11.8 Å². The van der Waals surface area contributed by atoms with Crippen molar-refractivity contribution in [1.82, 2.24) is 0 Å². The van der Waals surface area contributed by atoms with E-state index < -0.39 is 0 Å². The first-order valence-electron chi connectivity index (χ1n) is 5.00. The predicted molar refractivity (Wildman–Crippen MR) is 59.1 cm³/mol. The van der Waals surface area contributed by atoms with Gasteiger partial charge in [0.2, 0.25) is 0 Å². The molecule has 13 heavy (non-hydrogen) atoms. The van der Waals surface area contributed by atoms with E-state index in [2.05, 4.69) is 20.8 Å². The fourth-order valence-electron chi connectivity index (χ4n) is 2.00. The molecule has 0 spiro atoms. The molecule has 0 aromatic heterocycles. The van der Waals surface area contributed by atoms with E-state index in [-0.39, 0.29) is 5.25 Å². The van der Waals surface area contributed by atoms with Crippen molar-refractivity contribution in [1.29, 1.82) is 0 Å². The number of ketones is 1. The average Bonchev–Trinajstić information content (AvgIpc) is 2.03. The van der Waals surface area contributed by atoms with Gasteiger partial charge in [0.15, 0.2) is 0 Å². The summed E-state index contributed by atoms with van der Waals surface area (Å²) < 4.78 is 0. The van der Waals surface area contributed by atoms with Gasteiger partial charge in [-0.05, 0) is 30.4 Å². The van der Waals surface area contributed by atoms with Crippen molar-refractivity contribution in [3.63, 3.8) is 0 Å². The normalized spacial score (nSPS) is 30.6. The van der Waals surface area contributed by atoms with E-state index in [1.807, 2.05) is 6.26 Å².